The van der Waals surface area contributed by atoms with Gasteiger partial charge >= 0.3 is 11.7 Å². The lowest BCUT2D eigenvalue weighted by Crippen LogP contribution is -2.24. The van der Waals surface area contributed by atoms with Gasteiger partial charge in [0, 0.05) is 32.9 Å². The van der Waals surface area contributed by atoms with Gasteiger partial charge in [0.25, 0.3) is 0 Å². The van der Waals surface area contributed by atoms with Crippen molar-refractivity contribution in [3.05, 3.63) is 52.4 Å². The first-order valence-electron chi connectivity index (χ1n) is 10.1. The van der Waals surface area contributed by atoms with Gasteiger partial charge in [0.15, 0.2) is 0 Å². The third-order valence-electron chi connectivity index (χ3n) is 5.73. The van der Waals surface area contributed by atoms with Crippen molar-refractivity contribution in [2.24, 2.45) is 14.1 Å². The highest BCUT2D eigenvalue weighted by Crippen LogP contribution is 2.33. The van der Waals surface area contributed by atoms with Crippen molar-refractivity contribution in [1.29, 1.82) is 0 Å². The molecule has 2 heterocycles. The highest BCUT2D eigenvalue weighted by Gasteiger charge is 2.20. The molecule has 7 nitrogen and oxygen atoms in total. The molecule has 152 valence electrons. The van der Waals surface area contributed by atoms with Gasteiger partial charge in [0.1, 0.15) is 0 Å². The first-order valence-corrected chi connectivity index (χ1v) is 10.1. The summed E-state index contributed by atoms with van der Waals surface area (Å²) < 4.78 is 3.26. The second-order valence-electron chi connectivity index (χ2n) is 7.54. The van der Waals surface area contributed by atoms with Gasteiger partial charge in [-0.25, -0.2) is 9.59 Å². The quantitative estimate of drug-likeness (QED) is 0.710. The fourth-order valence-corrected chi connectivity index (χ4v) is 4.08. The first-order chi connectivity index (χ1) is 14.0. The van der Waals surface area contributed by atoms with Crippen molar-refractivity contribution < 1.29 is 4.79 Å². The molecule has 0 unspecified atom stereocenters. The number of carbonyl (C=O) groups is 1. The zero-order valence-electron chi connectivity index (χ0n) is 17.2. The summed E-state index contributed by atoms with van der Waals surface area (Å²) in [6, 6.07) is 11.4. The van der Waals surface area contributed by atoms with Crippen molar-refractivity contribution in [3.63, 3.8) is 0 Å². The molecule has 2 aromatic carbocycles. The Morgan fingerprint density at radius 1 is 0.966 bits per heavy atom. The van der Waals surface area contributed by atoms with E-state index < -0.39 is 0 Å². The summed E-state index contributed by atoms with van der Waals surface area (Å²) >= 11 is 0. The third-order valence-corrected chi connectivity index (χ3v) is 5.73. The van der Waals surface area contributed by atoms with Crippen LogP contribution < -0.4 is 21.2 Å². The maximum atomic E-state index is 12.8. The first kappa shape index (κ1) is 19.1. The van der Waals surface area contributed by atoms with E-state index in [0.29, 0.717) is 5.69 Å². The van der Waals surface area contributed by atoms with Crippen molar-refractivity contribution in [3.8, 4) is 0 Å². The number of fused-ring (bicyclic) bond motifs is 1. The van der Waals surface area contributed by atoms with E-state index >= 15 is 0 Å². The van der Waals surface area contributed by atoms with Crippen molar-refractivity contribution in [2.75, 3.05) is 28.6 Å². The molecule has 7 heteroatoms. The van der Waals surface area contributed by atoms with E-state index in [1.54, 1.807) is 23.2 Å². The summed E-state index contributed by atoms with van der Waals surface area (Å²) in [5, 5.41) is 5.98. The Bertz CT molecular complexity index is 1120. The van der Waals surface area contributed by atoms with Gasteiger partial charge in [-0.15, -0.1) is 0 Å². The molecule has 0 atom stereocenters. The molecular weight excluding hydrogens is 366 g/mol. The number of imidazole rings is 1. The second-order valence-corrected chi connectivity index (χ2v) is 7.54. The predicted octanol–water partition coefficient (Wildman–Crippen LogP) is 3.68. The molecular formula is C22H27N5O2. The molecule has 4 rings (SSSR count). The van der Waals surface area contributed by atoms with E-state index in [2.05, 4.69) is 22.5 Å². The second kappa shape index (κ2) is 7.66. The Labute approximate surface area is 169 Å². The van der Waals surface area contributed by atoms with Crippen LogP contribution in [0.25, 0.3) is 11.0 Å². The SMILES string of the molecule is CCc1ccccc1NC(=O)Nc1cc2c(cc1N1CCCC1)n(C)c(=O)n2C. The summed E-state index contributed by atoms with van der Waals surface area (Å²) in [5.74, 6) is 0. The number of aryl methyl sites for hydroxylation is 3. The lowest BCUT2D eigenvalue weighted by Gasteiger charge is -2.22. The van der Waals surface area contributed by atoms with Crippen LogP contribution >= 0.6 is 0 Å². The molecule has 29 heavy (non-hydrogen) atoms. The van der Waals surface area contributed by atoms with Crippen LogP contribution in [0, 0.1) is 0 Å². The number of nitrogens with zero attached hydrogens (tertiary/aromatic N) is 3. The fraction of sp³-hybridized carbons (Fsp3) is 0.364. The summed E-state index contributed by atoms with van der Waals surface area (Å²) in [6.45, 7) is 3.95. The van der Waals surface area contributed by atoms with Crippen LogP contribution in [0.5, 0.6) is 0 Å². The van der Waals surface area contributed by atoms with Gasteiger partial charge in [-0.3, -0.25) is 9.13 Å². The maximum Gasteiger partial charge on any atom is 0.328 e. The van der Waals surface area contributed by atoms with E-state index in [9.17, 15) is 9.59 Å². The lowest BCUT2D eigenvalue weighted by molar-refractivity contribution is 0.262. The third kappa shape index (κ3) is 3.48. The minimum atomic E-state index is -0.286. The predicted molar refractivity (Wildman–Crippen MR) is 118 cm³/mol. The summed E-state index contributed by atoms with van der Waals surface area (Å²) in [4.78, 5) is 27.4. The van der Waals surface area contributed by atoms with Gasteiger partial charge < -0.3 is 15.5 Å². The molecule has 0 bridgehead atoms. The zero-order valence-corrected chi connectivity index (χ0v) is 17.2. The van der Waals surface area contributed by atoms with Crippen LogP contribution in [0.3, 0.4) is 0 Å². The topological polar surface area (TPSA) is 71.3 Å². The van der Waals surface area contributed by atoms with Crippen LogP contribution in [-0.4, -0.2) is 28.3 Å². The van der Waals surface area contributed by atoms with E-state index in [4.69, 9.17) is 0 Å². The molecule has 1 aromatic heterocycles. The molecule has 2 amide bonds. The largest absolute Gasteiger partial charge is 0.370 e. The number of amides is 2. The average Bonchev–Trinajstić information content (AvgIpc) is 3.32. The number of aromatic nitrogens is 2. The van der Waals surface area contributed by atoms with Crippen LogP contribution in [0.4, 0.5) is 21.9 Å². The fourth-order valence-electron chi connectivity index (χ4n) is 4.08. The Morgan fingerprint density at radius 2 is 1.59 bits per heavy atom. The Kier molecular flexibility index (Phi) is 5.05. The van der Waals surface area contributed by atoms with E-state index in [-0.39, 0.29) is 11.7 Å². The number of hydrogen-bond donors (Lipinski definition) is 2. The monoisotopic (exact) mass is 393 g/mol. The van der Waals surface area contributed by atoms with Crippen molar-refractivity contribution in [2.45, 2.75) is 26.2 Å². The maximum absolute atomic E-state index is 12.8. The molecule has 2 N–H and O–H groups in total. The van der Waals surface area contributed by atoms with Gasteiger partial charge in [-0.1, -0.05) is 25.1 Å². The van der Waals surface area contributed by atoms with Gasteiger partial charge in [0.2, 0.25) is 0 Å². The van der Waals surface area contributed by atoms with Crippen molar-refractivity contribution in [1.82, 2.24) is 9.13 Å². The van der Waals surface area contributed by atoms with Crippen LogP contribution in [0.1, 0.15) is 25.3 Å². The number of nitrogens with one attached hydrogen (secondary N) is 2. The minimum absolute atomic E-state index is 0.0779. The summed E-state index contributed by atoms with van der Waals surface area (Å²) in [7, 11) is 3.53. The molecule has 3 aromatic rings. The zero-order chi connectivity index (χ0) is 20.5. The number of carbonyl (C=O) groups excluding carboxylic acids is 1. The van der Waals surface area contributed by atoms with Gasteiger partial charge in [0.05, 0.1) is 22.4 Å². The highest BCUT2D eigenvalue weighted by molar-refractivity contribution is 6.04. The van der Waals surface area contributed by atoms with Crippen LogP contribution in [-0.2, 0) is 20.5 Å². The normalized spacial score (nSPS) is 13.8. The number of hydrogen-bond acceptors (Lipinski definition) is 3. The van der Waals surface area contributed by atoms with Crippen LogP contribution in [0.2, 0.25) is 0 Å². The van der Waals surface area contributed by atoms with Gasteiger partial charge in [-0.2, -0.15) is 0 Å². The Hall–Kier alpha value is -3.22. The molecule has 1 aliphatic heterocycles. The van der Waals surface area contributed by atoms with Crippen molar-refractivity contribution >= 4 is 34.1 Å². The number of anilines is 3. The standard InChI is InChI=1S/C22H27N5O2/c1-4-15-9-5-6-10-16(15)23-21(28)24-17-13-19-20(26(3)22(29)25(19)2)14-18(17)27-11-7-8-12-27/h5-6,9-10,13-14H,4,7-8,11-12H2,1-3H3,(H2,23,24,28). The summed E-state index contributed by atoms with van der Waals surface area (Å²) in [5.41, 5.74) is 5.14. The Morgan fingerprint density at radius 3 is 2.28 bits per heavy atom. The number of para-hydroxylation sites is 1. The van der Waals surface area contributed by atoms with Gasteiger partial charge in [-0.05, 0) is 43.0 Å². The lowest BCUT2D eigenvalue weighted by atomic mass is 10.1. The minimum Gasteiger partial charge on any atom is -0.370 e. The molecule has 1 aliphatic rings. The molecule has 1 fully saturated rings. The number of benzene rings is 2. The Balaban J connectivity index is 1.71. The van der Waals surface area contributed by atoms with E-state index in [1.807, 2.05) is 36.4 Å². The van der Waals surface area contributed by atoms with E-state index in [0.717, 1.165) is 60.3 Å². The molecule has 0 radical (unpaired) electrons. The highest BCUT2D eigenvalue weighted by atomic mass is 16.2. The molecule has 0 spiro atoms. The smallest absolute Gasteiger partial charge is 0.328 e. The van der Waals surface area contributed by atoms with E-state index in [1.165, 1.54) is 0 Å². The average molecular weight is 393 g/mol. The molecule has 0 aliphatic carbocycles. The van der Waals surface area contributed by atoms with Crippen LogP contribution in [0.15, 0.2) is 41.2 Å². The molecule has 0 saturated carbocycles. The number of urea groups is 1. The summed E-state index contributed by atoms with van der Waals surface area (Å²) in [6.07, 6.45) is 3.09. The molecule has 1 saturated heterocycles. The number of rotatable bonds is 4.